The van der Waals surface area contributed by atoms with E-state index in [2.05, 4.69) is 0 Å². The zero-order valence-electron chi connectivity index (χ0n) is 4.93. The molecule has 0 atom stereocenters. The molecule has 0 saturated carbocycles. The van der Waals surface area contributed by atoms with E-state index in [4.69, 9.17) is 5.11 Å². The molecule has 0 spiro atoms. The SMILES string of the molecule is CC(C)C(=O)O.O.O. The summed E-state index contributed by atoms with van der Waals surface area (Å²) in [6.45, 7) is 3.28. The average molecular weight is 124 g/mol. The fourth-order valence-corrected chi connectivity index (χ4v) is 0. The maximum atomic E-state index is 9.70. The highest BCUT2D eigenvalue weighted by Crippen LogP contribution is 1.87. The minimum atomic E-state index is -0.741. The van der Waals surface area contributed by atoms with Gasteiger partial charge in [0.05, 0.1) is 5.92 Å². The molecule has 0 heterocycles. The van der Waals surface area contributed by atoms with Crippen LogP contribution >= 0.6 is 0 Å². The van der Waals surface area contributed by atoms with Crippen LogP contribution in [0.4, 0.5) is 0 Å². The summed E-state index contributed by atoms with van der Waals surface area (Å²) < 4.78 is 0. The summed E-state index contributed by atoms with van der Waals surface area (Å²) in [7, 11) is 0. The molecule has 4 heteroatoms. The summed E-state index contributed by atoms with van der Waals surface area (Å²) in [5, 5.41) is 7.99. The highest BCUT2D eigenvalue weighted by Gasteiger charge is 1.99. The summed E-state index contributed by atoms with van der Waals surface area (Å²) in [5.41, 5.74) is 0. The van der Waals surface area contributed by atoms with Crippen LogP contribution in [0.5, 0.6) is 0 Å². The van der Waals surface area contributed by atoms with E-state index in [0.717, 1.165) is 0 Å². The van der Waals surface area contributed by atoms with Gasteiger partial charge in [0.25, 0.3) is 0 Å². The van der Waals surface area contributed by atoms with Gasteiger partial charge in [-0.2, -0.15) is 0 Å². The van der Waals surface area contributed by atoms with Gasteiger partial charge < -0.3 is 16.1 Å². The Morgan fingerprint density at radius 1 is 1.38 bits per heavy atom. The van der Waals surface area contributed by atoms with Crippen LogP contribution in [-0.2, 0) is 4.79 Å². The van der Waals surface area contributed by atoms with Crippen molar-refractivity contribution < 1.29 is 20.9 Å². The van der Waals surface area contributed by atoms with Crippen molar-refractivity contribution in [2.75, 3.05) is 0 Å². The van der Waals surface area contributed by atoms with Crippen molar-refractivity contribution in [3.8, 4) is 0 Å². The molecule has 0 bridgehead atoms. The van der Waals surface area contributed by atoms with Gasteiger partial charge in [0, 0.05) is 0 Å². The zero-order chi connectivity index (χ0) is 5.15. The molecule has 0 aromatic carbocycles. The Balaban J connectivity index is -0.000000125. The maximum absolute atomic E-state index is 9.70. The lowest BCUT2D eigenvalue weighted by Gasteiger charge is -1.89. The van der Waals surface area contributed by atoms with E-state index in [1.807, 2.05) is 0 Å². The van der Waals surface area contributed by atoms with Crippen LogP contribution in [0.1, 0.15) is 13.8 Å². The highest BCUT2D eigenvalue weighted by atomic mass is 16.4. The van der Waals surface area contributed by atoms with Gasteiger partial charge in [-0.15, -0.1) is 0 Å². The van der Waals surface area contributed by atoms with E-state index in [-0.39, 0.29) is 16.9 Å². The third-order valence-electron chi connectivity index (χ3n) is 0.494. The third-order valence-corrected chi connectivity index (χ3v) is 0.494. The molecule has 0 fully saturated rings. The minimum Gasteiger partial charge on any atom is -0.481 e. The van der Waals surface area contributed by atoms with Crippen LogP contribution in [0.2, 0.25) is 0 Å². The van der Waals surface area contributed by atoms with Gasteiger partial charge in [-0.25, -0.2) is 0 Å². The molecule has 0 aliphatic heterocycles. The van der Waals surface area contributed by atoms with Crippen LogP contribution < -0.4 is 0 Å². The predicted molar refractivity (Wildman–Crippen MR) is 29.7 cm³/mol. The number of hydrogen-bond acceptors (Lipinski definition) is 1. The monoisotopic (exact) mass is 124 g/mol. The lowest BCUT2D eigenvalue weighted by atomic mass is 10.2. The van der Waals surface area contributed by atoms with Gasteiger partial charge in [-0.1, -0.05) is 13.8 Å². The van der Waals surface area contributed by atoms with Crippen molar-refractivity contribution in [3.05, 3.63) is 0 Å². The van der Waals surface area contributed by atoms with Crippen LogP contribution in [0, 0.1) is 5.92 Å². The van der Waals surface area contributed by atoms with E-state index in [9.17, 15) is 4.79 Å². The van der Waals surface area contributed by atoms with E-state index < -0.39 is 5.97 Å². The van der Waals surface area contributed by atoms with Gasteiger partial charge in [-0.05, 0) is 0 Å². The number of rotatable bonds is 1. The zero-order valence-corrected chi connectivity index (χ0v) is 4.93. The van der Waals surface area contributed by atoms with E-state index in [1.165, 1.54) is 0 Å². The predicted octanol–water partition coefficient (Wildman–Crippen LogP) is -0.922. The van der Waals surface area contributed by atoms with Crippen molar-refractivity contribution in [1.82, 2.24) is 0 Å². The normalized spacial score (nSPS) is 6.88. The van der Waals surface area contributed by atoms with E-state index >= 15 is 0 Å². The molecule has 0 rings (SSSR count). The smallest absolute Gasteiger partial charge is 0.305 e. The first kappa shape index (κ1) is 15.7. The molecule has 5 N–H and O–H groups in total. The van der Waals surface area contributed by atoms with E-state index in [1.54, 1.807) is 13.8 Å². The Hall–Kier alpha value is -0.610. The number of aliphatic carboxylic acids is 1. The molecule has 0 unspecified atom stereocenters. The van der Waals surface area contributed by atoms with Crippen LogP contribution in [0.15, 0.2) is 0 Å². The standard InChI is InChI=1S/C4H8O2.2H2O/c1-3(2)4(5)6;;/h3H,1-2H3,(H,5,6);2*1H2. The second-order valence-corrected chi connectivity index (χ2v) is 1.49. The summed E-state index contributed by atoms with van der Waals surface area (Å²) in [4.78, 5) is 9.70. The fraction of sp³-hybridized carbons (Fsp3) is 0.750. The van der Waals surface area contributed by atoms with Crippen molar-refractivity contribution in [2.45, 2.75) is 13.8 Å². The lowest BCUT2D eigenvalue weighted by molar-refractivity contribution is -0.140. The summed E-state index contributed by atoms with van der Waals surface area (Å²) >= 11 is 0. The first-order chi connectivity index (χ1) is 2.64. The quantitative estimate of drug-likeness (QED) is 0.488. The van der Waals surface area contributed by atoms with Gasteiger partial charge in [0.1, 0.15) is 0 Å². The first-order valence-electron chi connectivity index (χ1n) is 1.87. The number of hydrogen-bond donors (Lipinski definition) is 1. The molecule has 0 aromatic rings. The summed E-state index contributed by atoms with van der Waals surface area (Å²) in [6, 6.07) is 0. The first-order valence-corrected chi connectivity index (χ1v) is 1.87. The molecule has 0 radical (unpaired) electrons. The highest BCUT2D eigenvalue weighted by molar-refractivity contribution is 5.68. The molecule has 0 aliphatic carbocycles. The lowest BCUT2D eigenvalue weighted by Crippen LogP contribution is -2.03. The Morgan fingerprint density at radius 3 is 1.50 bits per heavy atom. The number of carbonyl (C=O) groups is 1. The topological polar surface area (TPSA) is 100 Å². The van der Waals surface area contributed by atoms with Gasteiger partial charge in [0.15, 0.2) is 0 Å². The van der Waals surface area contributed by atoms with Crippen LogP contribution in [-0.4, -0.2) is 22.0 Å². The third kappa shape index (κ3) is 9.04. The Morgan fingerprint density at radius 2 is 1.50 bits per heavy atom. The average Bonchev–Trinajstić information content (AvgIpc) is 1.36. The Bertz CT molecular complexity index is 59.1. The minimum absolute atomic E-state index is 0. The second-order valence-electron chi connectivity index (χ2n) is 1.49. The maximum Gasteiger partial charge on any atom is 0.305 e. The number of carboxylic acids is 1. The summed E-state index contributed by atoms with van der Waals surface area (Å²) in [6.07, 6.45) is 0. The molecule has 52 valence electrons. The molecular formula is C4H12O4. The van der Waals surface area contributed by atoms with Crippen molar-refractivity contribution in [3.63, 3.8) is 0 Å². The van der Waals surface area contributed by atoms with E-state index in [0.29, 0.717) is 0 Å². The van der Waals surface area contributed by atoms with Crippen molar-refractivity contribution >= 4 is 5.97 Å². The molecule has 4 nitrogen and oxygen atoms in total. The van der Waals surface area contributed by atoms with Gasteiger partial charge in [-0.3, -0.25) is 4.79 Å². The molecule has 0 saturated heterocycles. The van der Waals surface area contributed by atoms with Gasteiger partial charge in [0.2, 0.25) is 0 Å². The van der Waals surface area contributed by atoms with Gasteiger partial charge >= 0.3 is 5.97 Å². The number of carboxylic acid groups (broad SMARTS) is 1. The molecule has 0 aromatic heterocycles. The summed E-state index contributed by atoms with van der Waals surface area (Å²) in [5.74, 6) is -0.972. The molecular weight excluding hydrogens is 112 g/mol. The molecule has 8 heavy (non-hydrogen) atoms. The fourth-order valence-electron chi connectivity index (χ4n) is 0. The Labute approximate surface area is 47.8 Å². The Kier molecular flexibility index (Phi) is 12.5. The van der Waals surface area contributed by atoms with Crippen molar-refractivity contribution in [1.29, 1.82) is 0 Å². The molecule has 0 amide bonds. The van der Waals surface area contributed by atoms with Crippen LogP contribution in [0.3, 0.4) is 0 Å². The van der Waals surface area contributed by atoms with Crippen LogP contribution in [0.25, 0.3) is 0 Å². The molecule has 0 aliphatic rings. The largest absolute Gasteiger partial charge is 0.481 e. The second kappa shape index (κ2) is 6.39. The van der Waals surface area contributed by atoms with Crippen molar-refractivity contribution in [2.24, 2.45) is 5.92 Å².